The molecule has 23 heavy (non-hydrogen) atoms. The summed E-state index contributed by atoms with van der Waals surface area (Å²) >= 11 is 1.49. The number of aliphatic hydroxyl groups is 1. The van der Waals surface area contributed by atoms with Crippen LogP contribution < -0.4 is 10.1 Å². The molecule has 2 N–H and O–H groups in total. The second kappa shape index (κ2) is 8.64. The molecular weight excluding hydrogens is 312 g/mol. The van der Waals surface area contributed by atoms with E-state index in [4.69, 9.17) is 9.84 Å². The smallest absolute Gasteiger partial charge is 0.226 e. The number of aliphatic hydroxyl groups excluding tert-OH is 1. The van der Waals surface area contributed by atoms with Gasteiger partial charge in [0.2, 0.25) is 5.91 Å². The first-order chi connectivity index (χ1) is 11.1. The number of thiazole rings is 1. The van der Waals surface area contributed by atoms with Crippen LogP contribution in [0.5, 0.6) is 5.75 Å². The Balaban J connectivity index is 1.78. The SMILES string of the molecule is Cc1ccc(OCc2nc(CC(=O)NCC(C)CO)cs2)cc1. The lowest BCUT2D eigenvalue weighted by molar-refractivity contribution is -0.120. The summed E-state index contributed by atoms with van der Waals surface area (Å²) < 4.78 is 5.68. The molecule has 1 unspecified atom stereocenters. The van der Waals surface area contributed by atoms with E-state index in [2.05, 4.69) is 10.3 Å². The minimum absolute atomic E-state index is 0.0628. The van der Waals surface area contributed by atoms with Gasteiger partial charge in [0.25, 0.3) is 0 Å². The Morgan fingerprint density at radius 2 is 2.13 bits per heavy atom. The number of carbonyl (C=O) groups excluding carboxylic acids is 1. The van der Waals surface area contributed by atoms with E-state index in [9.17, 15) is 4.79 Å². The van der Waals surface area contributed by atoms with Crippen LogP contribution >= 0.6 is 11.3 Å². The summed E-state index contributed by atoms with van der Waals surface area (Å²) in [6, 6.07) is 7.86. The molecule has 1 aromatic heterocycles. The molecule has 1 atom stereocenters. The van der Waals surface area contributed by atoms with E-state index >= 15 is 0 Å². The summed E-state index contributed by atoms with van der Waals surface area (Å²) in [5.74, 6) is 0.789. The largest absolute Gasteiger partial charge is 0.486 e. The highest BCUT2D eigenvalue weighted by atomic mass is 32.1. The van der Waals surface area contributed by atoms with Crippen LogP contribution in [-0.2, 0) is 17.8 Å². The van der Waals surface area contributed by atoms with Gasteiger partial charge >= 0.3 is 0 Å². The molecule has 2 aromatic rings. The maximum absolute atomic E-state index is 11.8. The average Bonchev–Trinajstić information content (AvgIpc) is 2.99. The van der Waals surface area contributed by atoms with Gasteiger partial charge < -0.3 is 15.2 Å². The van der Waals surface area contributed by atoms with Crippen molar-refractivity contribution >= 4 is 17.2 Å². The number of amides is 1. The van der Waals surface area contributed by atoms with E-state index < -0.39 is 0 Å². The zero-order valence-electron chi connectivity index (χ0n) is 13.4. The second-order valence-electron chi connectivity index (χ2n) is 5.60. The summed E-state index contributed by atoms with van der Waals surface area (Å²) in [5.41, 5.74) is 1.93. The van der Waals surface area contributed by atoms with Crippen LogP contribution in [0.1, 0.15) is 23.2 Å². The standard InChI is InChI=1S/C17H22N2O3S/c1-12-3-5-15(6-4-12)22-10-17-19-14(11-23-17)7-16(21)18-8-13(2)9-20/h3-6,11,13,20H,7-10H2,1-2H3,(H,18,21). The molecule has 1 aromatic carbocycles. The molecule has 0 spiro atoms. The lowest BCUT2D eigenvalue weighted by Crippen LogP contribution is -2.30. The first-order valence-corrected chi connectivity index (χ1v) is 8.45. The summed E-state index contributed by atoms with van der Waals surface area (Å²) in [6.07, 6.45) is 0.249. The molecule has 6 heteroatoms. The van der Waals surface area contributed by atoms with Crippen molar-refractivity contribution in [1.29, 1.82) is 0 Å². The van der Waals surface area contributed by atoms with E-state index in [0.717, 1.165) is 16.5 Å². The van der Waals surface area contributed by atoms with Gasteiger partial charge in [-0.15, -0.1) is 11.3 Å². The van der Waals surface area contributed by atoms with Crippen molar-refractivity contribution in [3.05, 3.63) is 45.9 Å². The van der Waals surface area contributed by atoms with Crippen LogP contribution in [0.15, 0.2) is 29.6 Å². The van der Waals surface area contributed by atoms with Gasteiger partial charge in [0.1, 0.15) is 17.4 Å². The predicted molar refractivity (Wildman–Crippen MR) is 90.6 cm³/mol. The van der Waals surface area contributed by atoms with Gasteiger partial charge in [-0.2, -0.15) is 0 Å². The zero-order valence-corrected chi connectivity index (χ0v) is 14.2. The van der Waals surface area contributed by atoms with Gasteiger partial charge in [0.05, 0.1) is 12.1 Å². The number of carbonyl (C=O) groups is 1. The molecule has 0 aliphatic rings. The van der Waals surface area contributed by atoms with Crippen molar-refractivity contribution in [2.45, 2.75) is 26.9 Å². The van der Waals surface area contributed by atoms with Gasteiger partial charge in [-0.3, -0.25) is 4.79 Å². The van der Waals surface area contributed by atoms with Crippen LogP contribution in [-0.4, -0.2) is 29.1 Å². The fourth-order valence-electron chi connectivity index (χ4n) is 1.86. The van der Waals surface area contributed by atoms with E-state index in [-0.39, 0.29) is 24.9 Å². The van der Waals surface area contributed by atoms with Crippen molar-refractivity contribution in [3.8, 4) is 5.75 Å². The molecule has 2 rings (SSSR count). The van der Waals surface area contributed by atoms with Crippen LogP contribution in [0.2, 0.25) is 0 Å². The first kappa shape index (κ1) is 17.4. The summed E-state index contributed by atoms with van der Waals surface area (Å²) in [6.45, 7) is 4.85. The average molecular weight is 334 g/mol. The third-order valence-corrected chi connectivity index (χ3v) is 4.15. The first-order valence-electron chi connectivity index (χ1n) is 7.57. The van der Waals surface area contributed by atoms with E-state index in [1.54, 1.807) is 0 Å². The lowest BCUT2D eigenvalue weighted by atomic mass is 10.2. The number of hydrogen-bond acceptors (Lipinski definition) is 5. The van der Waals surface area contributed by atoms with Crippen molar-refractivity contribution in [3.63, 3.8) is 0 Å². The maximum Gasteiger partial charge on any atom is 0.226 e. The molecule has 0 radical (unpaired) electrons. The lowest BCUT2D eigenvalue weighted by Gasteiger charge is -2.08. The number of benzene rings is 1. The molecule has 1 amide bonds. The Hall–Kier alpha value is -1.92. The molecule has 0 aliphatic heterocycles. The monoisotopic (exact) mass is 334 g/mol. The molecule has 124 valence electrons. The Bertz CT molecular complexity index is 625. The molecular formula is C17H22N2O3S. The number of rotatable bonds is 8. The predicted octanol–water partition coefficient (Wildman–Crippen LogP) is 2.32. The number of hydrogen-bond donors (Lipinski definition) is 2. The highest BCUT2D eigenvalue weighted by Gasteiger charge is 2.09. The Morgan fingerprint density at radius 3 is 2.83 bits per heavy atom. The van der Waals surface area contributed by atoms with Gasteiger partial charge in [-0.1, -0.05) is 24.6 Å². The minimum atomic E-state index is -0.0818. The van der Waals surface area contributed by atoms with Crippen LogP contribution in [0.4, 0.5) is 0 Å². The molecule has 0 aliphatic carbocycles. The number of aryl methyl sites for hydroxylation is 1. The van der Waals surface area contributed by atoms with E-state index in [1.165, 1.54) is 16.9 Å². The van der Waals surface area contributed by atoms with Gasteiger partial charge in [0.15, 0.2) is 0 Å². The molecule has 0 fully saturated rings. The third-order valence-electron chi connectivity index (χ3n) is 3.28. The normalized spacial score (nSPS) is 12.0. The Morgan fingerprint density at radius 1 is 1.39 bits per heavy atom. The number of nitrogens with zero attached hydrogens (tertiary/aromatic N) is 1. The molecule has 1 heterocycles. The number of aromatic nitrogens is 1. The van der Waals surface area contributed by atoms with Gasteiger partial charge in [-0.25, -0.2) is 4.98 Å². The van der Waals surface area contributed by atoms with Crippen molar-refractivity contribution < 1.29 is 14.6 Å². The minimum Gasteiger partial charge on any atom is -0.486 e. The molecule has 0 saturated heterocycles. The molecule has 0 saturated carbocycles. The highest BCUT2D eigenvalue weighted by molar-refractivity contribution is 7.09. The van der Waals surface area contributed by atoms with Gasteiger partial charge in [-0.05, 0) is 25.0 Å². The maximum atomic E-state index is 11.8. The van der Waals surface area contributed by atoms with Crippen molar-refractivity contribution in [1.82, 2.24) is 10.3 Å². The van der Waals surface area contributed by atoms with Crippen LogP contribution in [0.25, 0.3) is 0 Å². The fourth-order valence-corrected chi connectivity index (χ4v) is 2.56. The fraction of sp³-hybridized carbons (Fsp3) is 0.412. The molecule has 0 bridgehead atoms. The van der Waals surface area contributed by atoms with E-state index in [0.29, 0.717) is 13.2 Å². The van der Waals surface area contributed by atoms with Crippen molar-refractivity contribution in [2.24, 2.45) is 5.92 Å². The van der Waals surface area contributed by atoms with E-state index in [1.807, 2.05) is 43.5 Å². The molecule has 5 nitrogen and oxygen atoms in total. The summed E-state index contributed by atoms with van der Waals surface area (Å²) in [5, 5.41) is 14.4. The Kier molecular flexibility index (Phi) is 6.55. The zero-order chi connectivity index (χ0) is 16.7. The second-order valence-corrected chi connectivity index (χ2v) is 6.55. The quantitative estimate of drug-likeness (QED) is 0.777. The Labute approximate surface area is 140 Å². The van der Waals surface area contributed by atoms with Crippen molar-refractivity contribution in [2.75, 3.05) is 13.2 Å². The summed E-state index contributed by atoms with van der Waals surface area (Å²) in [7, 11) is 0. The van der Waals surface area contributed by atoms with Crippen LogP contribution in [0.3, 0.4) is 0 Å². The van der Waals surface area contributed by atoms with Gasteiger partial charge in [0, 0.05) is 18.5 Å². The highest BCUT2D eigenvalue weighted by Crippen LogP contribution is 2.16. The van der Waals surface area contributed by atoms with Crippen LogP contribution in [0, 0.1) is 12.8 Å². The number of nitrogens with one attached hydrogen (secondary N) is 1. The topological polar surface area (TPSA) is 71.5 Å². The number of ether oxygens (including phenoxy) is 1. The summed E-state index contributed by atoms with van der Waals surface area (Å²) in [4.78, 5) is 16.2. The third kappa shape index (κ3) is 6.00.